The van der Waals surface area contributed by atoms with Crippen molar-refractivity contribution in [3.63, 3.8) is 0 Å². The SMILES string of the molecule is Cc1nn(-c2ccccc2)c(C)c1NC(=O)CCn1cnc2ccccc2c1=O. The fraction of sp³-hybridized carbons (Fsp3) is 0.182. The molecule has 146 valence electrons. The minimum atomic E-state index is -0.177. The van der Waals surface area contributed by atoms with Gasteiger partial charge < -0.3 is 5.32 Å². The molecule has 2 aromatic carbocycles. The molecule has 0 saturated carbocycles. The Balaban J connectivity index is 1.49. The maximum Gasteiger partial charge on any atom is 0.261 e. The molecule has 7 heteroatoms. The molecule has 7 nitrogen and oxygen atoms in total. The molecule has 2 heterocycles. The summed E-state index contributed by atoms with van der Waals surface area (Å²) >= 11 is 0. The van der Waals surface area contributed by atoms with E-state index in [9.17, 15) is 9.59 Å². The summed E-state index contributed by atoms with van der Waals surface area (Å²) in [6.45, 7) is 4.04. The molecule has 0 aliphatic carbocycles. The van der Waals surface area contributed by atoms with E-state index < -0.39 is 0 Å². The minimum Gasteiger partial charge on any atom is -0.323 e. The highest BCUT2D eigenvalue weighted by Gasteiger charge is 2.15. The van der Waals surface area contributed by atoms with E-state index in [1.807, 2.05) is 54.9 Å². The number of carbonyl (C=O) groups excluding carboxylic acids is 1. The Hall–Kier alpha value is -3.74. The van der Waals surface area contributed by atoms with E-state index in [2.05, 4.69) is 15.4 Å². The molecule has 0 fully saturated rings. The number of fused-ring (bicyclic) bond motifs is 1. The molecule has 0 bridgehead atoms. The maximum absolute atomic E-state index is 12.5. The van der Waals surface area contributed by atoms with Gasteiger partial charge in [-0.05, 0) is 38.1 Å². The lowest BCUT2D eigenvalue weighted by atomic mass is 10.2. The van der Waals surface area contributed by atoms with Crippen LogP contribution in [-0.2, 0) is 11.3 Å². The Morgan fingerprint density at radius 3 is 2.55 bits per heavy atom. The quantitative estimate of drug-likeness (QED) is 0.570. The largest absolute Gasteiger partial charge is 0.323 e. The Labute approximate surface area is 167 Å². The van der Waals surface area contributed by atoms with Crippen LogP contribution in [0.4, 0.5) is 5.69 Å². The number of aryl methyl sites for hydroxylation is 2. The zero-order valence-electron chi connectivity index (χ0n) is 16.3. The second kappa shape index (κ2) is 7.71. The van der Waals surface area contributed by atoms with Crippen LogP contribution in [0.3, 0.4) is 0 Å². The number of hydrogen-bond acceptors (Lipinski definition) is 4. The van der Waals surface area contributed by atoms with Crippen molar-refractivity contribution in [2.24, 2.45) is 0 Å². The molecule has 1 N–H and O–H groups in total. The summed E-state index contributed by atoms with van der Waals surface area (Å²) in [5, 5.41) is 8.02. The van der Waals surface area contributed by atoms with Crippen molar-refractivity contribution in [2.75, 3.05) is 5.32 Å². The monoisotopic (exact) mass is 387 g/mol. The third kappa shape index (κ3) is 3.67. The minimum absolute atomic E-state index is 0.146. The number of amides is 1. The summed E-state index contributed by atoms with van der Waals surface area (Å²) in [5.41, 5.74) is 3.73. The molecule has 0 aliphatic heterocycles. The van der Waals surface area contributed by atoms with Crippen LogP contribution in [0.25, 0.3) is 16.6 Å². The summed E-state index contributed by atoms with van der Waals surface area (Å²) in [5.74, 6) is -0.177. The van der Waals surface area contributed by atoms with Crippen molar-refractivity contribution in [3.8, 4) is 5.69 Å². The molecular formula is C22H21N5O2. The number of benzene rings is 2. The van der Waals surface area contributed by atoms with Gasteiger partial charge in [-0.2, -0.15) is 5.10 Å². The Morgan fingerprint density at radius 2 is 1.76 bits per heavy atom. The van der Waals surface area contributed by atoms with Crippen LogP contribution >= 0.6 is 0 Å². The van der Waals surface area contributed by atoms with Crippen LogP contribution in [0.2, 0.25) is 0 Å². The number of nitrogens with one attached hydrogen (secondary N) is 1. The Kier molecular flexibility index (Phi) is 4.95. The fourth-order valence-electron chi connectivity index (χ4n) is 3.33. The van der Waals surface area contributed by atoms with Gasteiger partial charge in [0.1, 0.15) is 0 Å². The number of anilines is 1. The van der Waals surface area contributed by atoms with Gasteiger partial charge in [0.05, 0.1) is 40.0 Å². The van der Waals surface area contributed by atoms with Crippen LogP contribution in [0.5, 0.6) is 0 Å². The van der Waals surface area contributed by atoms with Gasteiger partial charge in [-0.1, -0.05) is 30.3 Å². The normalized spacial score (nSPS) is 11.0. The van der Waals surface area contributed by atoms with Crippen molar-refractivity contribution in [1.82, 2.24) is 19.3 Å². The van der Waals surface area contributed by atoms with Crippen LogP contribution in [0.15, 0.2) is 65.7 Å². The summed E-state index contributed by atoms with van der Waals surface area (Å²) < 4.78 is 3.28. The van der Waals surface area contributed by atoms with Gasteiger partial charge in [0.15, 0.2) is 0 Å². The zero-order chi connectivity index (χ0) is 20.4. The summed E-state index contributed by atoms with van der Waals surface area (Å²) in [4.78, 5) is 29.4. The second-order valence-electron chi connectivity index (χ2n) is 6.85. The summed E-state index contributed by atoms with van der Waals surface area (Å²) in [6.07, 6.45) is 1.65. The van der Waals surface area contributed by atoms with Crippen molar-refractivity contribution >= 4 is 22.5 Å². The lowest BCUT2D eigenvalue weighted by Gasteiger charge is -2.09. The first kappa shape index (κ1) is 18.6. The van der Waals surface area contributed by atoms with Crippen molar-refractivity contribution in [1.29, 1.82) is 0 Å². The van der Waals surface area contributed by atoms with Crippen molar-refractivity contribution in [2.45, 2.75) is 26.8 Å². The smallest absolute Gasteiger partial charge is 0.261 e. The number of para-hydroxylation sites is 2. The lowest BCUT2D eigenvalue weighted by Crippen LogP contribution is -2.23. The number of nitrogens with zero attached hydrogens (tertiary/aromatic N) is 4. The molecule has 1 amide bonds. The van der Waals surface area contributed by atoms with E-state index in [4.69, 9.17) is 0 Å². The fourth-order valence-corrected chi connectivity index (χ4v) is 3.33. The lowest BCUT2D eigenvalue weighted by molar-refractivity contribution is -0.116. The number of rotatable bonds is 5. The number of aromatic nitrogens is 4. The van der Waals surface area contributed by atoms with Crippen LogP contribution in [0.1, 0.15) is 17.8 Å². The van der Waals surface area contributed by atoms with E-state index in [0.29, 0.717) is 16.6 Å². The van der Waals surface area contributed by atoms with Gasteiger partial charge in [-0.25, -0.2) is 9.67 Å². The van der Waals surface area contributed by atoms with Crippen molar-refractivity contribution in [3.05, 3.63) is 82.7 Å². The second-order valence-corrected chi connectivity index (χ2v) is 6.85. The van der Waals surface area contributed by atoms with Crippen LogP contribution in [0, 0.1) is 13.8 Å². The third-order valence-corrected chi connectivity index (χ3v) is 4.87. The molecule has 0 unspecified atom stereocenters. The van der Waals surface area contributed by atoms with Gasteiger partial charge in [0.25, 0.3) is 5.56 Å². The highest BCUT2D eigenvalue weighted by molar-refractivity contribution is 5.92. The highest BCUT2D eigenvalue weighted by atomic mass is 16.2. The Bertz CT molecular complexity index is 1240. The molecule has 2 aromatic heterocycles. The zero-order valence-corrected chi connectivity index (χ0v) is 16.3. The van der Waals surface area contributed by atoms with E-state index in [0.717, 1.165) is 17.1 Å². The molecule has 0 atom stereocenters. The van der Waals surface area contributed by atoms with E-state index in [1.54, 1.807) is 18.2 Å². The van der Waals surface area contributed by atoms with E-state index in [-0.39, 0.29) is 24.4 Å². The number of hydrogen-bond donors (Lipinski definition) is 1. The van der Waals surface area contributed by atoms with Gasteiger partial charge in [0, 0.05) is 13.0 Å². The first-order chi connectivity index (χ1) is 14.0. The first-order valence-electron chi connectivity index (χ1n) is 9.40. The molecule has 29 heavy (non-hydrogen) atoms. The van der Waals surface area contributed by atoms with Gasteiger partial charge in [-0.15, -0.1) is 0 Å². The van der Waals surface area contributed by atoms with Gasteiger partial charge in [-0.3, -0.25) is 14.2 Å². The topological polar surface area (TPSA) is 81.8 Å². The van der Waals surface area contributed by atoms with Crippen LogP contribution in [-0.4, -0.2) is 25.2 Å². The Morgan fingerprint density at radius 1 is 1.03 bits per heavy atom. The third-order valence-electron chi connectivity index (χ3n) is 4.87. The van der Waals surface area contributed by atoms with Gasteiger partial charge in [0.2, 0.25) is 5.91 Å². The molecule has 0 aliphatic rings. The highest BCUT2D eigenvalue weighted by Crippen LogP contribution is 2.22. The van der Waals surface area contributed by atoms with E-state index in [1.165, 1.54) is 10.9 Å². The predicted molar refractivity (Wildman–Crippen MR) is 112 cm³/mol. The standard InChI is InChI=1S/C22H21N5O2/c1-15-21(16(2)27(25-15)17-8-4-3-5-9-17)24-20(28)12-13-26-14-23-19-11-7-6-10-18(19)22(26)29/h3-11,14H,12-13H2,1-2H3,(H,24,28). The molecule has 0 radical (unpaired) electrons. The average Bonchev–Trinajstić information content (AvgIpc) is 3.02. The predicted octanol–water partition coefficient (Wildman–Crippen LogP) is 3.23. The van der Waals surface area contributed by atoms with Crippen LogP contribution < -0.4 is 10.9 Å². The summed E-state index contributed by atoms with van der Waals surface area (Å²) in [7, 11) is 0. The molecule has 0 saturated heterocycles. The number of carbonyl (C=O) groups is 1. The molecule has 4 aromatic rings. The van der Waals surface area contributed by atoms with Crippen molar-refractivity contribution < 1.29 is 4.79 Å². The van der Waals surface area contributed by atoms with E-state index >= 15 is 0 Å². The average molecular weight is 387 g/mol. The maximum atomic E-state index is 12.5. The molecular weight excluding hydrogens is 366 g/mol. The molecule has 4 rings (SSSR count). The molecule has 0 spiro atoms. The summed E-state index contributed by atoms with van der Waals surface area (Å²) in [6, 6.07) is 16.9. The van der Waals surface area contributed by atoms with Gasteiger partial charge >= 0.3 is 0 Å². The first-order valence-corrected chi connectivity index (χ1v) is 9.40.